The lowest BCUT2D eigenvalue weighted by atomic mass is 9.93. The molecular weight excluding hydrogens is 207 g/mol. The van der Waals surface area contributed by atoms with Gasteiger partial charge in [-0.1, -0.05) is 0 Å². The van der Waals surface area contributed by atoms with Crippen molar-refractivity contribution in [1.29, 1.82) is 0 Å². The zero-order valence-electron chi connectivity index (χ0n) is 7.88. The summed E-state index contributed by atoms with van der Waals surface area (Å²) in [7, 11) is 0. The van der Waals surface area contributed by atoms with E-state index in [0.717, 1.165) is 31.7 Å². The number of hydrogen-bond acceptors (Lipinski definition) is 3. The van der Waals surface area contributed by atoms with Crippen LogP contribution >= 0.6 is 0 Å². The van der Waals surface area contributed by atoms with Crippen molar-refractivity contribution in [2.75, 3.05) is 5.32 Å². The van der Waals surface area contributed by atoms with E-state index in [4.69, 9.17) is 0 Å². The lowest BCUT2D eigenvalue weighted by molar-refractivity contribution is -0.138. The molecule has 3 nitrogen and oxygen atoms in total. The summed E-state index contributed by atoms with van der Waals surface area (Å²) in [6.45, 7) is 0. The maximum atomic E-state index is 12.2. The van der Waals surface area contributed by atoms with E-state index < -0.39 is 11.7 Å². The molecule has 2 rings (SSSR count). The molecule has 1 aromatic heterocycles. The van der Waals surface area contributed by atoms with Gasteiger partial charge in [0.2, 0.25) is 5.95 Å². The van der Waals surface area contributed by atoms with E-state index in [-0.39, 0.29) is 5.95 Å². The second-order valence-electron chi connectivity index (χ2n) is 3.57. The highest BCUT2D eigenvalue weighted by Crippen LogP contribution is 2.28. The van der Waals surface area contributed by atoms with E-state index in [1.165, 1.54) is 0 Å². The monoisotopic (exact) mass is 217 g/mol. The summed E-state index contributed by atoms with van der Waals surface area (Å²) >= 11 is 0. The molecule has 1 N–H and O–H groups in total. The lowest BCUT2D eigenvalue weighted by Gasteiger charge is -2.26. The van der Waals surface area contributed by atoms with Gasteiger partial charge in [-0.05, 0) is 19.3 Å². The first-order valence-electron chi connectivity index (χ1n) is 4.71. The van der Waals surface area contributed by atoms with Gasteiger partial charge in [-0.2, -0.15) is 13.2 Å². The van der Waals surface area contributed by atoms with Crippen LogP contribution in [0.2, 0.25) is 0 Å². The number of anilines is 1. The molecule has 1 heterocycles. The molecule has 0 aliphatic heterocycles. The summed E-state index contributed by atoms with van der Waals surface area (Å²) in [5.74, 6) is 0.271. The second kappa shape index (κ2) is 3.67. The quantitative estimate of drug-likeness (QED) is 0.826. The second-order valence-corrected chi connectivity index (χ2v) is 3.57. The molecule has 1 aliphatic rings. The highest BCUT2D eigenvalue weighted by molar-refractivity contribution is 5.27. The first-order valence-corrected chi connectivity index (χ1v) is 4.71. The van der Waals surface area contributed by atoms with E-state index in [2.05, 4.69) is 15.3 Å². The van der Waals surface area contributed by atoms with Crippen molar-refractivity contribution in [2.45, 2.75) is 31.5 Å². The van der Waals surface area contributed by atoms with Crippen molar-refractivity contribution < 1.29 is 13.2 Å². The van der Waals surface area contributed by atoms with Gasteiger partial charge in [-0.25, -0.2) is 9.97 Å². The highest BCUT2D eigenvalue weighted by Gasteiger charge is 2.31. The fraction of sp³-hybridized carbons (Fsp3) is 0.556. The van der Waals surface area contributed by atoms with Crippen LogP contribution in [0.1, 0.15) is 24.8 Å². The van der Waals surface area contributed by atoms with Gasteiger partial charge >= 0.3 is 6.18 Å². The number of aromatic nitrogens is 2. The average Bonchev–Trinajstić information content (AvgIpc) is 2.11. The third-order valence-corrected chi connectivity index (χ3v) is 2.42. The smallest absolute Gasteiger partial charge is 0.351 e. The first kappa shape index (κ1) is 10.2. The molecule has 0 aromatic carbocycles. The fourth-order valence-electron chi connectivity index (χ4n) is 1.28. The van der Waals surface area contributed by atoms with Crippen molar-refractivity contribution in [1.82, 2.24) is 9.97 Å². The van der Waals surface area contributed by atoms with Crippen LogP contribution in [0.15, 0.2) is 12.4 Å². The van der Waals surface area contributed by atoms with Crippen molar-refractivity contribution in [3.63, 3.8) is 0 Å². The van der Waals surface area contributed by atoms with Gasteiger partial charge in [0, 0.05) is 18.4 Å². The summed E-state index contributed by atoms with van der Waals surface area (Å²) in [4.78, 5) is 7.25. The van der Waals surface area contributed by atoms with Crippen molar-refractivity contribution in [3.05, 3.63) is 18.0 Å². The van der Waals surface area contributed by atoms with Crippen LogP contribution < -0.4 is 5.32 Å². The summed E-state index contributed by atoms with van der Waals surface area (Å²) in [6, 6.07) is 0.321. The normalized spacial score (nSPS) is 17.3. The van der Waals surface area contributed by atoms with Crippen LogP contribution in [0.5, 0.6) is 0 Å². The Morgan fingerprint density at radius 1 is 1.20 bits per heavy atom. The van der Waals surface area contributed by atoms with E-state index in [0.29, 0.717) is 6.04 Å². The molecule has 15 heavy (non-hydrogen) atoms. The average molecular weight is 217 g/mol. The van der Waals surface area contributed by atoms with Crippen molar-refractivity contribution >= 4 is 5.95 Å². The lowest BCUT2D eigenvalue weighted by Crippen LogP contribution is -2.28. The number of nitrogens with zero attached hydrogens (tertiary/aromatic N) is 2. The van der Waals surface area contributed by atoms with Gasteiger partial charge in [-0.3, -0.25) is 0 Å². The predicted octanol–water partition coefficient (Wildman–Crippen LogP) is 2.46. The Kier molecular flexibility index (Phi) is 2.50. The Hall–Kier alpha value is -1.33. The topological polar surface area (TPSA) is 37.8 Å². The minimum absolute atomic E-state index is 0.271. The Morgan fingerprint density at radius 3 is 2.20 bits per heavy atom. The largest absolute Gasteiger partial charge is 0.419 e. The zero-order valence-corrected chi connectivity index (χ0v) is 7.88. The van der Waals surface area contributed by atoms with Crippen LogP contribution in [-0.4, -0.2) is 16.0 Å². The molecule has 0 spiro atoms. The molecule has 0 amide bonds. The number of rotatable bonds is 2. The molecule has 1 saturated carbocycles. The molecule has 0 saturated heterocycles. The molecule has 1 aliphatic carbocycles. The van der Waals surface area contributed by atoms with E-state index in [9.17, 15) is 13.2 Å². The summed E-state index contributed by atoms with van der Waals surface area (Å²) < 4.78 is 36.5. The first-order chi connectivity index (χ1) is 7.05. The molecule has 82 valence electrons. The molecule has 0 atom stereocenters. The SMILES string of the molecule is FC(F)(F)c1cnc(NC2CCC2)nc1. The highest BCUT2D eigenvalue weighted by atomic mass is 19.4. The number of halogens is 3. The molecule has 6 heteroatoms. The van der Waals surface area contributed by atoms with Crippen LogP contribution in [-0.2, 0) is 6.18 Å². The van der Waals surface area contributed by atoms with Crippen molar-refractivity contribution in [2.24, 2.45) is 0 Å². The Morgan fingerprint density at radius 2 is 1.80 bits per heavy atom. The van der Waals surface area contributed by atoms with Gasteiger partial charge < -0.3 is 5.32 Å². The standard InChI is InChI=1S/C9H10F3N3/c10-9(11,12)6-4-13-8(14-5-6)15-7-2-1-3-7/h4-5,7H,1-3H2,(H,13,14,15). The molecular formula is C9H10F3N3. The maximum absolute atomic E-state index is 12.2. The van der Waals surface area contributed by atoms with Gasteiger partial charge in [0.25, 0.3) is 0 Å². The van der Waals surface area contributed by atoms with E-state index in [1.54, 1.807) is 0 Å². The fourth-order valence-corrected chi connectivity index (χ4v) is 1.28. The third kappa shape index (κ3) is 2.37. The zero-order chi connectivity index (χ0) is 10.9. The van der Waals surface area contributed by atoms with Gasteiger partial charge in [0.1, 0.15) is 0 Å². The summed E-state index contributed by atoms with van der Waals surface area (Å²) in [6.07, 6.45) is 0.448. The Balaban J connectivity index is 2.03. The van der Waals surface area contributed by atoms with Gasteiger partial charge in [-0.15, -0.1) is 0 Å². The minimum atomic E-state index is -4.37. The van der Waals surface area contributed by atoms with Crippen molar-refractivity contribution in [3.8, 4) is 0 Å². The molecule has 1 aromatic rings. The molecule has 1 fully saturated rings. The van der Waals surface area contributed by atoms with E-state index in [1.807, 2.05) is 0 Å². The summed E-state index contributed by atoms with van der Waals surface area (Å²) in [5, 5.41) is 2.97. The van der Waals surface area contributed by atoms with Crippen LogP contribution in [0.3, 0.4) is 0 Å². The van der Waals surface area contributed by atoms with Crippen LogP contribution in [0, 0.1) is 0 Å². The molecule has 0 bridgehead atoms. The number of alkyl halides is 3. The van der Waals surface area contributed by atoms with Gasteiger partial charge in [0.05, 0.1) is 5.56 Å². The third-order valence-electron chi connectivity index (χ3n) is 2.42. The maximum Gasteiger partial charge on any atom is 0.419 e. The summed E-state index contributed by atoms with van der Waals surface area (Å²) in [5.41, 5.74) is -0.818. The Bertz CT molecular complexity index is 329. The predicted molar refractivity (Wildman–Crippen MR) is 48.3 cm³/mol. The Labute approximate surface area is 84.7 Å². The molecule has 0 radical (unpaired) electrons. The van der Waals surface area contributed by atoms with E-state index >= 15 is 0 Å². The van der Waals surface area contributed by atoms with Gasteiger partial charge in [0.15, 0.2) is 0 Å². The minimum Gasteiger partial charge on any atom is -0.351 e. The van der Waals surface area contributed by atoms with Crippen LogP contribution in [0.25, 0.3) is 0 Å². The van der Waals surface area contributed by atoms with Crippen LogP contribution in [0.4, 0.5) is 19.1 Å². The molecule has 0 unspecified atom stereocenters. The number of hydrogen-bond donors (Lipinski definition) is 1. The number of nitrogens with one attached hydrogen (secondary N) is 1.